The van der Waals surface area contributed by atoms with Crippen molar-refractivity contribution in [3.8, 4) is 11.4 Å². The summed E-state index contributed by atoms with van der Waals surface area (Å²) in [6.45, 7) is 3.56. The van der Waals surface area contributed by atoms with E-state index in [9.17, 15) is 22.8 Å². The molecule has 0 aliphatic heterocycles. The Hall–Kier alpha value is -2.91. The van der Waals surface area contributed by atoms with Gasteiger partial charge in [-0.15, -0.1) is 0 Å². The highest BCUT2D eigenvalue weighted by Crippen LogP contribution is 2.29. The molecule has 0 saturated heterocycles. The van der Waals surface area contributed by atoms with Crippen LogP contribution in [-0.2, 0) is 11.0 Å². The number of amides is 1. The number of alkyl halides is 3. The van der Waals surface area contributed by atoms with Gasteiger partial charge in [0.15, 0.2) is 0 Å². The first-order valence-electron chi connectivity index (χ1n) is 7.63. The SMILES string of the molecule is CC(C)N(CCC(=O)O)C(=O)c1ccc(-c2noc(C(F)(F)F)n2)cc1. The number of carboxylic acid groups (broad SMARTS) is 1. The van der Waals surface area contributed by atoms with Crippen LogP contribution in [0.25, 0.3) is 11.4 Å². The van der Waals surface area contributed by atoms with E-state index in [4.69, 9.17) is 5.11 Å². The van der Waals surface area contributed by atoms with Gasteiger partial charge in [0.2, 0.25) is 5.82 Å². The number of hydrogen-bond donors (Lipinski definition) is 1. The van der Waals surface area contributed by atoms with E-state index in [0.717, 1.165) is 0 Å². The van der Waals surface area contributed by atoms with Crippen molar-refractivity contribution in [3.63, 3.8) is 0 Å². The zero-order valence-electron chi connectivity index (χ0n) is 13.9. The number of carbonyl (C=O) groups is 2. The van der Waals surface area contributed by atoms with Gasteiger partial charge in [-0.2, -0.15) is 18.2 Å². The first-order valence-corrected chi connectivity index (χ1v) is 7.63. The molecule has 0 fully saturated rings. The van der Waals surface area contributed by atoms with E-state index in [1.807, 2.05) is 0 Å². The molecule has 1 amide bonds. The van der Waals surface area contributed by atoms with Crippen LogP contribution in [-0.4, -0.2) is 44.6 Å². The topological polar surface area (TPSA) is 96.5 Å². The van der Waals surface area contributed by atoms with Crippen molar-refractivity contribution in [2.24, 2.45) is 0 Å². The van der Waals surface area contributed by atoms with Gasteiger partial charge >= 0.3 is 18.0 Å². The van der Waals surface area contributed by atoms with Gasteiger partial charge in [0.05, 0.1) is 6.42 Å². The van der Waals surface area contributed by atoms with Crippen molar-refractivity contribution < 1.29 is 32.4 Å². The summed E-state index contributed by atoms with van der Waals surface area (Å²) in [4.78, 5) is 27.9. The maximum absolute atomic E-state index is 12.5. The second-order valence-corrected chi connectivity index (χ2v) is 5.73. The summed E-state index contributed by atoms with van der Waals surface area (Å²) in [5.41, 5.74) is 0.523. The van der Waals surface area contributed by atoms with Crippen LogP contribution in [0.2, 0.25) is 0 Å². The molecule has 26 heavy (non-hydrogen) atoms. The molecule has 0 atom stereocenters. The lowest BCUT2D eigenvalue weighted by atomic mass is 10.1. The molecular formula is C16H16F3N3O4. The van der Waals surface area contributed by atoms with Crippen LogP contribution in [0.4, 0.5) is 13.2 Å². The van der Waals surface area contributed by atoms with Crippen molar-refractivity contribution in [2.45, 2.75) is 32.5 Å². The zero-order chi connectivity index (χ0) is 19.5. The second-order valence-electron chi connectivity index (χ2n) is 5.73. The highest BCUT2D eigenvalue weighted by atomic mass is 19.4. The lowest BCUT2D eigenvalue weighted by Crippen LogP contribution is -2.38. The van der Waals surface area contributed by atoms with E-state index in [-0.39, 0.29) is 41.9 Å². The van der Waals surface area contributed by atoms with E-state index in [1.54, 1.807) is 13.8 Å². The number of hydrogen-bond acceptors (Lipinski definition) is 5. The molecule has 0 saturated carbocycles. The first-order chi connectivity index (χ1) is 12.1. The van der Waals surface area contributed by atoms with E-state index >= 15 is 0 Å². The molecule has 0 bridgehead atoms. The summed E-state index contributed by atoms with van der Waals surface area (Å²) in [5, 5.41) is 12.1. The van der Waals surface area contributed by atoms with Crippen molar-refractivity contribution in [2.75, 3.05) is 6.54 Å². The molecule has 1 aromatic carbocycles. The lowest BCUT2D eigenvalue weighted by Gasteiger charge is -2.26. The number of rotatable bonds is 6. The molecule has 1 heterocycles. The fourth-order valence-corrected chi connectivity index (χ4v) is 2.19. The van der Waals surface area contributed by atoms with E-state index in [0.29, 0.717) is 0 Å². The van der Waals surface area contributed by atoms with Crippen LogP contribution in [0.15, 0.2) is 28.8 Å². The third kappa shape index (κ3) is 4.58. The van der Waals surface area contributed by atoms with Crippen molar-refractivity contribution >= 4 is 11.9 Å². The van der Waals surface area contributed by atoms with Gasteiger partial charge in [0.1, 0.15) is 0 Å². The Morgan fingerprint density at radius 1 is 1.23 bits per heavy atom. The predicted molar refractivity (Wildman–Crippen MR) is 83.2 cm³/mol. The van der Waals surface area contributed by atoms with E-state index < -0.39 is 18.0 Å². The molecule has 0 radical (unpaired) electrons. The van der Waals surface area contributed by atoms with Crippen molar-refractivity contribution in [1.29, 1.82) is 0 Å². The smallest absolute Gasteiger partial charge is 0.471 e. The Morgan fingerprint density at radius 2 is 1.85 bits per heavy atom. The molecule has 0 spiro atoms. The lowest BCUT2D eigenvalue weighted by molar-refractivity contribution is -0.159. The monoisotopic (exact) mass is 371 g/mol. The Balaban J connectivity index is 2.18. The minimum absolute atomic E-state index is 0.0490. The Kier molecular flexibility index (Phi) is 5.63. The summed E-state index contributed by atoms with van der Waals surface area (Å²) >= 11 is 0. The summed E-state index contributed by atoms with van der Waals surface area (Å²) < 4.78 is 41.6. The number of nitrogens with zero attached hydrogens (tertiary/aromatic N) is 3. The highest BCUT2D eigenvalue weighted by molar-refractivity contribution is 5.95. The summed E-state index contributed by atoms with van der Waals surface area (Å²) in [6, 6.07) is 5.41. The second kappa shape index (κ2) is 7.54. The number of carbonyl (C=O) groups excluding carboxylic acids is 1. The fourth-order valence-electron chi connectivity index (χ4n) is 2.19. The van der Waals surface area contributed by atoms with Crippen LogP contribution in [0.5, 0.6) is 0 Å². The zero-order valence-corrected chi connectivity index (χ0v) is 13.9. The molecule has 2 aromatic rings. The van der Waals surface area contributed by atoms with Crippen molar-refractivity contribution in [1.82, 2.24) is 15.0 Å². The van der Waals surface area contributed by atoms with Gasteiger partial charge in [-0.1, -0.05) is 17.3 Å². The average Bonchev–Trinajstić information content (AvgIpc) is 3.04. The first kappa shape index (κ1) is 19.4. The Bertz CT molecular complexity index is 785. The largest absolute Gasteiger partial charge is 0.481 e. The quantitative estimate of drug-likeness (QED) is 0.838. The Labute approximate surface area is 146 Å². The standard InChI is InChI=1S/C16H16F3N3O4/c1-9(2)22(8-7-12(23)24)14(25)11-5-3-10(4-6-11)13-20-15(26-21-13)16(17,18)19/h3-6,9H,7-8H2,1-2H3,(H,23,24). The minimum Gasteiger partial charge on any atom is -0.481 e. The number of benzene rings is 1. The number of aliphatic carboxylic acids is 1. The molecule has 0 unspecified atom stereocenters. The highest BCUT2D eigenvalue weighted by Gasteiger charge is 2.38. The van der Waals surface area contributed by atoms with Gasteiger partial charge in [0.25, 0.3) is 5.91 Å². The van der Waals surface area contributed by atoms with Crippen LogP contribution >= 0.6 is 0 Å². The van der Waals surface area contributed by atoms with Gasteiger partial charge in [-0.05, 0) is 26.0 Å². The van der Waals surface area contributed by atoms with Gasteiger partial charge in [-0.3, -0.25) is 9.59 Å². The maximum Gasteiger partial charge on any atom is 0.471 e. The molecule has 140 valence electrons. The molecular weight excluding hydrogens is 355 g/mol. The van der Waals surface area contributed by atoms with E-state index in [2.05, 4.69) is 14.7 Å². The molecule has 2 rings (SSSR count). The third-order valence-electron chi connectivity index (χ3n) is 3.51. The summed E-state index contributed by atoms with van der Waals surface area (Å²) in [7, 11) is 0. The van der Waals surface area contributed by atoms with Crippen LogP contribution in [0.3, 0.4) is 0 Å². The van der Waals surface area contributed by atoms with Gasteiger partial charge in [0, 0.05) is 23.7 Å². The van der Waals surface area contributed by atoms with Crippen LogP contribution in [0, 0.1) is 0 Å². The Morgan fingerprint density at radius 3 is 2.31 bits per heavy atom. The summed E-state index contributed by atoms with van der Waals surface area (Å²) in [6.07, 6.45) is -4.92. The van der Waals surface area contributed by atoms with E-state index in [1.165, 1.54) is 29.2 Å². The van der Waals surface area contributed by atoms with Crippen LogP contribution < -0.4 is 0 Å². The molecule has 1 N–H and O–H groups in total. The molecule has 10 heteroatoms. The molecule has 0 aliphatic carbocycles. The van der Waals surface area contributed by atoms with Crippen molar-refractivity contribution in [3.05, 3.63) is 35.7 Å². The number of halogens is 3. The van der Waals surface area contributed by atoms with Crippen LogP contribution in [0.1, 0.15) is 36.5 Å². The third-order valence-corrected chi connectivity index (χ3v) is 3.51. The molecule has 0 aliphatic rings. The number of aromatic nitrogens is 2. The van der Waals surface area contributed by atoms with Gasteiger partial charge < -0.3 is 14.5 Å². The normalized spacial score (nSPS) is 11.6. The van der Waals surface area contributed by atoms with Gasteiger partial charge in [-0.25, -0.2) is 0 Å². The maximum atomic E-state index is 12.5. The molecule has 7 nitrogen and oxygen atoms in total. The average molecular weight is 371 g/mol. The fraction of sp³-hybridized carbons (Fsp3) is 0.375. The summed E-state index contributed by atoms with van der Waals surface area (Å²) in [5.74, 6) is -3.09. The molecule has 1 aromatic heterocycles. The number of carboxylic acids is 1. The minimum atomic E-state index is -4.73. The predicted octanol–water partition coefficient (Wildman–Crippen LogP) is 3.08.